The number of alkyl halides is 1. The Balaban J connectivity index is 0.000000291. The van der Waals surface area contributed by atoms with Crippen LogP contribution in [0.15, 0.2) is 24.3 Å². The lowest BCUT2D eigenvalue weighted by atomic mass is 10.1. The maximum atomic E-state index is 8.77. The van der Waals surface area contributed by atoms with Gasteiger partial charge in [-0.05, 0) is 6.42 Å². The third kappa shape index (κ3) is 4.25. The molecule has 1 aliphatic carbocycles. The summed E-state index contributed by atoms with van der Waals surface area (Å²) in [5.41, 5.74) is 0. The van der Waals surface area contributed by atoms with Gasteiger partial charge in [-0.25, -0.2) is 0 Å². The molecule has 1 unspecified atom stereocenters. The lowest BCUT2D eigenvalue weighted by molar-refractivity contribution is 0.225. The first kappa shape index (κ1) is 8.73. The van der Waals surface area contributed by atoms with E-state index in [1.165, 1.54) is 6.38 Å². The summed E-state index contributed by atoms with van der Waals surface area (Å²) in [6, 6.07) is 0. The van der Waals surface area contributed by atoms with E-state index in [2.05, 4.69) is 11.6 Å². The zero-order valence-corrected chi connectivity index (χ0v) is 6.17. The van der Waals surface area contributed by atoms with E-state index in [9.17, 15) is 0 Å². The molecule has 1 nitrogen and oxygen atoms in total. The van der Waals surface area contributed by atoms with Crippen LogP contribution in [0.3, 0.4) is 0 Å². The van der Waals surface area contributed by atoms with E-state index in [-0.39, 0.29) is 6.10 Å². The Hall–Kier alpha value is -0.270. The van der Waals surface area contributed by atoms with Crippen molar-refractivity contribution in [1.29, 1.82) is 0 Å². The molecule has 0 aromatic rings. The normalized spacial score (nSPS) is 22.8. The molecule has 1 aliphatic rings. The fraction of sp³-hybridized carbons (Fsp3) is 0.429. The monoisotopic (exact) mass is 146 g/mol. The third-order valence-electron chi connectivity index (χ3n) is 0.958. The van der Waals surface area contributed by atoms with Crippen molar-refractivity contribution in [2.75, 3.05) is 6.38 Å². The topological polar surface area (TPSA) is 20.2 Å². The number of rotatable bonds is 0. The maximum Gasteiger partial charge on any atom is 0.0758 e. The number of allylic oxidation sites excluding steroid dienone is 2. The van der Waals surface area contributed by atoms with Crippen molar-refractivity contribution >= 4 is 11.6 Å². The van der Waals surface area contributed by atoms with Crippen molar-refractivity contribution in [3.05, 3.63) is 24.3 Å². The van der Waals surface area contributed by atoms with Gasteiger partial charge in [-0.15, -0.1) is 11.6 Å². The average Bonchev–Trinajstić information content (AvgIpc) is 1.94. The predicted molar refractivity (Wildman–Crippen MR) is 40.7 cm³/mol. The van der Waals surface area contributed by atoms with Crippen LogP contribution in [-0.2, 0) is 0 Å². The van der Waals surface area contributed by atoms with Crippen LogP contribution in [-0.4, -0.2) is 17.6 Å². The van der Waals surface area contributed by atoms with Gasteiger partial charge in [0.15, 0.2) is 0 Å². The first-order valence-electron chi connectivity index (χ1n) is 2.79. The van der Waals surface area contributed by atoms with Gasteiger partial charge in [-0.1, -0.05) is 24.3 Å². The Labute approximate surface area is 60.6 Å². The average molecular weight is 147 g/mol. The van der Waals surface area contributed by atoms with Crippen LogP contribution >= 0.6 is 11.6 Å². The molecule has 0 fully saturated rings. The van der Waals surface area contributed by atoms with Crippen molar-refractivity contribution in [1.82, 2.24) is 0 Å². The van der Waals surface area contributed by atoms with Crippen molar-refractivity contribution in [2.24, 2.45) is 0 Å². The molecule has 0 spiro atoms. The molecule has 9 heavy (non-hydrogen) atoms. The van der Waals surface area contributed by atoms with E-state index in [0.29, 0.717) is 0 Å². The van der Waals surface area contributed by atoms with E-state index in [0.717, 1.165) is 6.42 Å². The van der Waals surface area contributed by atoms with Crippen LogP contribution in [0.25, 0.3) is 0 Å². The standard InChI is InChI=1S/C6H8O.CH3Cl/c7-6-4-2-1-3-5-6;1-2/h1-4,6-7H,5H2;1H3. The summed E-state index contributed by atoms with van der Waals surface area (Å²) in [6.45, 7) is 0. The molecule has 0 heterocycles. The van der Waals surface area contributed by atoms with Crippen molar-refractivity contribution in [2.45, 2.75) is 12.5 Å². The Morgan fingerprint density at radius 1 is 1.44 bits per heavy atom. The number of halogens is 1. The van der Waals surface area contributed by atoms with E-state index in [4.69, 9.17) is 5.11 Å². The lowest BCUT2D eigenvalue weighted by Gasteiger charge is -2.01. The first-order valence-corrected chi connectivity index (χ1v) is 3.54. The second-order valence-electron chi connectivity index (χ2n) is 1.62. The van der Waals surface area contributed by atoms with Gasteiger partial charge in [-0.2, -0.15) is 0 Å². The van der Waals surface area contributed by atoms with Gasteiger partial charge in [0.05, 0.1) is 6.10 Å². The summed E-state index contributed by atoms with van der Waals surface area (Å²) in [4.78, 5) is 0. The Morgan fingerprint density at radius 3 is 2.33 bits per heavy atom. The summed E-state index contributed by atoms with van der Waals surface area (Å²) < 4.78 is 0. The van der Waals surface area contributed by atoms with Crippen molar-refractivity contribution in [3.63, 3.8) is 0 Å². The highest BCUT2D eigenvalue weighted by Crippen LogP contribution is 2.00. The first-order chi connectivity index (χ1) is 4.39. The highest BCUT2D eigenvalue weighted by molar-refractivity contribution is 6.15. The van der Waals surface area contributed by atoms with Crippen LogP contribution in [0.5, 0.6) is 0 Å². The number of aliphatic hydroxyl groups is 1. The Bertz CT molecular complexity index is 107. The SMILES string of the molecule is CCl.OC1C=CC=CC1. The summed E-state index contributed by atoms with van der Waals surface area (Å²) >= 11 is 4.64. The molecule has 0 aromatic carbocycles. The Morgan fingerprint density at radius 2 is 2.11 bits per heavy atom. The fourth-order valence-corrected chi connectivity index (χ4v) is 0.568. The molecule has 0 aromatic heterocycles. The minimum atomic E-state index is -0.231. The summed E-state index contributed by atoms with van der Waals surface area (Å²) in [7, 11) is 0. The molecular weight excluding hydrogens is 136 g/mol. The van der Waals surface area contributed by atoms with Crippen molar-refractivity contribution in [3.8, 4) is 0 Å². The van der Waals surface area contributed by atoms with Crippen molar-refractivity contribution < 1.29 is 5.11 Å². The second kappa shape index (κ2) is 5.86. The van der Waals surface area contributed by atoms with Gasteiger partial charge >= 0.3 is 0 Å². The predicted octanol–water partition coefficient (Wildman–Crippen LogP) is 1.72. The number of aliphatic hydroxyl groups excluding tert-OH is 1. The third-order valence-corrected chi connectivity index (χ3v) is 0.958. The van der Waals surface area contributed by atoms with Crippen LogP contribution in [0.2, 0.25) is 0 Å². The molecule has 0 radical (unpaired) electrons. The molecule has 1 atom stereocenters. The quantitative estimate of drug-likeness (QED) is 0.516. The zero-order valence-electron chi connectivity index (χ0n) is 5.42. The minimum absolute atomic E-state index is 0.231. The largest absolute Gasteiger partial charge is 0.389 e. The Kier molecular flexibility index (Phi) is 5.68. The summed E-state index contributed by atoms with van der Waals surface area (Å²) in [5.74, 6) is 0. The van der Waals surface area contributed by atoms with E-state index in [1.54, 1.807) is 6.08 Å². The van der Waals surface area contributed by atoms with Crippen LogP contribution in [0.1, 0.15) is 6.42 Å². The number of hydrogen-bond donors (Lipinski definition) is 1. The van der Waals surface area contributed by atoms with E-state index < -0.39 is 0 Å². The molecule has 0 amide bonds. The fourth-order valence-electron chi connectivity index (χ4n) is 0.568. The minimum Gasteiger partial charge on any atom is -0.389 e. The number of hydrogen-bond acceptors (Lipinski definition) is 1. The maximum absolute atomic E-state index is 8.77. The second-order valence-corrected chi connectivity index (χ2v) is 1.62. The molecule has 2 heteroatoms. The molecular formula is C7H11ClO. The van der Waals surface area contributed by atoms with Crippen LogP contribution in [0, 0.1) is 0 Å². The van der Waals surface area contributed by atoms with Crippen LogP contribution in [0.4, 0.5) is 0 Å². The van der Waals surface area contributed by atoms with Gasteiger partial charge < -0.3 is 5.11 Å². The lowest BCUT2D eigenvalue weighted by Crippen LogP contribution is -2.00. The van der Waals surface area contributed by atoms with Gasteiger partial charge in [0.25, 0.3) is 0 Å². The molecule has 0 bridgehead atoms. The molecule has 1 N–H and O–H groups in total. The molecule has 0 aliphatic heterocycles. The molecule has 0 saturated heterocycles. The summed E-state index contributed by atoms with van der Waals surface area (Å²) in [5, 5.41) is 8.77. The van der Waals surface area contributed by atoms with E-state index >= 15 is 0 Å². The molecule has 52 valence electrons. The van der Waals surface area contributed by atoms with Crippen LogP contribution < -0.4 is 0 Å². The van der Waals surface area contributed by atoms with Gasteiger partial charge in [-0.3, -0.25) is 0 Å². The van der Waals surface area contributed by atoms with Gasteiger partial charge in [0.2, 0.25) is 0 Å². The highest BCUT2D eigenvalue weighted by Gasteiger charge is 1.95. The van der Waals surface area contributed by atoms with Gasteiger partial charge in [0, 0.05) is 6.38 Å². The molecule has 1 rings (SSSR count). The molecule has 0 saturated carbocycles. The van der Waals surface area contributed by atoms with Gasteiger partial charge in [0.1, 0.15) is 0 Å². The highest BCUT2D eigenvalue weighted by atomic mass is 35.5. The zero-order chi connectivity index (χ0) is 7.11. The van der Waals surface area contributed by atoms with E-state index in [1.807, 2.05) is 18.2 Å². The summed E-state index contributed by atoms with van der Waals surface area (Å²) in [6.07, 6.45) is 9.53. The smallest absolute Gasteiger partial charge is 0.0758 e.